The van der Waals surface area contributed by atoms with Crippen molar-refractivity contribution in [1.29, 1.82) is 0 Å². The van der Waals surface area contributed by atoms with E-state index in [0.29, 0.717) is 23.9 Å². The van der Waals surface area contributed by atoms with Crippen molar-refractivity contribution in [2.45, 2.75) is 36.8 Å². The van der Waals surface area contributed by atoms with Crippen molar-refractivity contribution in [3.05, 3.63) is 118 Å². The van der Waals surface area contributed by atoms with Crippen LogP contribution in [-0.4, -0.2) is 48.0 Å². The Balaban J connectivity index is 1.42. The van der Waals surface area contributed by atoms with Crippen molar-refractivity contribution in [2.24, 2.45) is 5.92 Å². The normalized spacial score (nSPS) is 21.1. The smallest absolute Gasteiger partial charge is 0.381 e. The van der Waals surface area contributed by atoms with Gasteiger partial charge in [0, 0.05) is 49.9 Å². The first kappa shape index (κ1) is 27.4. The highest BCUT2D eigenvalue weighted by molar-refractivity contribution is 6.08. The zero-order chi connectivity index (χ0) is 29.6. The first-order valence-electron chi connectivity index (χ1n) is 14.7. The number of hydrogen-bond acceptors (Lipinski definition) is 6. The molecule has 2 fully saturated rings. The van der Waals surface area contributed by atoms with Gasteiger partial charge in [0.05, 0.1) is 6.10 Å². The maximum atomic E-state index is 14.4. The van der Waals surface area contributed by atoms with Gasteiger partial charge in [0.15, 0.2) is 5.82 Å². The summed E-state index contributed by atoms with van der Waals surface area (Å²) in [5.74, 6) is -0.165. The Labute approximate surface area is 249 Å². The summed E-state index contributed by atoms with van der Waals surface area (Å²) in [6.07, 6.45) is 2.21. The van der Waals surface area contributed by atoms with E-state index in [4.69, 9.17) is 14.0 Å². The first-order valence-corrected chi connectivity index (χ1v) is 14.7. The number of H-pyrrole nitrogens is 1. The number of rotatable bonds is 8. The molecule has 7 rings (SSSR count). The lowest BCUT2D eigenvalue weighted by Gasteiger charge is -2.26. The molecule has 2 aromatic heterocycles. The van der Waals surface area contributed by atoms with Crippen LogP contribution in [-0.2, 0) is 15.0 Å². The lowest BCUT2D eigenvalue weighted by molar-refractivity contribution is 0.0737. The third-order valence-electron chi connectivity index (χ3n) is 9.17. The number of ether oxygens (including phenoxy) is 2. The summed E-state index contributed by atoms with van der Waals surface area (Å²) >= 11 is 0. The van der Waals surface area contributed by atoms with Crippen molar-refractivity contribution in [2.75, 3.05) is 32.3 Å². The van der Waals surface area contributed by atoms with Crippen LogP contribution in [0.1, 0.15) is 58.7 Å². The Morgan fingerprint density at radius 2 is 1.77 bits per heavy atom. The lowest BCUT2D eigenvalue weighted by atomic mass is 9.91. The number of para-hydroxylation sites is 1. The van der Waals surface area contributed by atoms with Gasteiger partial charge >= 0.3 is 5.76 Å². The molecule has 0 spiro atoms. The number of carbonyl (C=O) groups excluding carboxylic acids is 1. The number of benzene rings is 3. The van der Waals surface area contributed by atoms with E-state index in [-0.39, 0.29) is 17.9 Å². The van der Waals surface area contributed by atoms with E-state index in [1.54, 1.807) is 19.1 Å². The third-order valence-corrected chi connectivity index (χ3v) is 9.17. The molecule has 1 N–H and O–H groups in total. The maximum absolute atomic E-state index is 14.4. The van der Waals surface area contributed by atoms with E-state index in [9.17, 15) is 9.59 Å². The molecule has 9 nitrogen and oxygen atoms in total. The Hall–Kier alpha value is -4.47. The second kappa shape index (κ2) is 11.0. The number of carbonyl (C=O) groups is 1. The molecule has 2 aliphatic rings. The SMILES string of the molecule is COC(c1ccccc1)[C@H]1C[C@]1(c1noc(=O)[nH]1)n1c(C(=O)N(C)c2ccccc2)cc2cc(C3CCOCC3)ccc21. The zero-order valence-corrected chi connectivity index (χ0v) is 24.2. The topological polar surface area (TPSA) is 103 Å². The number of aromatic amines is 1. The van der Waals surface area contributed by atoms with Crippen molar-refractivity contribution in [1.82, 2.24) is 14.7 Å². The van der Waals surface area contributed by atoms with Crippen LogP contribution >= 0.6 is 0 Å². The molecule has 0 radical (unpaired) electrons. The minimum atomic E-state index is -0.882. The van der Waals surface area contributed by atoms with Gasteiger partial charge in [0.1, 0.15) is 11.2 Å². The van der Waals surface area contributed by atoms with Gasteiger partial charge < -0.3 is 18.9 Å². The Morgan fingerprint density at radius 1 is 1.05 bits per heavy atom. The fourth-order valence-corrected chi connectivity index (χ4v) is 6.91. The number of fused-ring (bicyclic) bond motifs is 1. The predicted molar refractivity (Wildman–Crippen MR) is 162 cm³/mol. The maximum Gasteiger partial charge on any atom is 0.438 e. The fourth-order valence-electron chi connectivity index (χ4n) is 6.91. The lowest BCUT2D eigenvalue weighted by Crippen LogP contribution is -2.34. The van der Waals surface area contributed by atoms with E-state index >= 15 is 0 Å². The average molecular weight is 579 g/mol. The molecule has 9 heteroatoms. The van der Waals surface area contributed by atoms with Crippen LogP contribution in [0.4, 0.5) is 5.69 Å². The van der Waals surface area contributed by atoms with Crippen LogP contribution in [0.2, 0.25) is 0 Å². The molecular formula is C34H34N4O5. The average Bonchev–Trinajstić information content (AvgIpc) is 3.41. The highest BCUT2D eigenvalue weighted by Crippen LogP contribution is 2.62. The van der Waals surface area contributed by atoms with Gasteiger partial charge in [-0.2, -0.15) is 0 Å². The monoisotopic (exact) mass is 578 g/mol. The third kappa shape index (κ3) is 4.69. The van der Waals surface area contributed by atoms with Crippen molar-refractivity contribution >= 4 is 22.5 Å². The Morgan fingerprint density at radius 3 is 2.44 bits per heavy atom. The van der Waals surface area contributed by atoms with Gasteiger partial charge in [-0.15, -0.1) is 0 Å². The minimum absolute atomic E-state index is 0.139. The van der Waals surface area contributed by atoms with Crippen LogP contribution in [0, 0.1) is 5.92 Å². The number of anilines is 1. The molecular weight excluding hydrogens is 544 g/mol. The first-order chi connectivity index (χ1) is 21.0. The quantitative estimate of drug-likeness (QED) is 0.256. The predicted octanol–water partition coefficient (Wildman–Crippen LogP) is 5.64. The van der Waals surface area contributed by atoms with Gasteiger partial charge in [-0.25, -0.2) is 4.79 Å². The van der Waals surface area contributed by atoms with E-state index in [1.807, 2.05) is 66.7 Å². The van der Waals surface area contributed by atoms with E-state index in [0.717, 1.165) is 48.2 Å². The highest BCUT2D eigenvalue weighted by Gasteiger charge is 2.64. The highest BCUT2D eigenvalue weighted by atomic mass is 16.5. The summed E-state index contributed by atoms with van der Waals surface area (Å²) in [4.78, 5) is 31.2. The molecule has 5 aromatic rings. The van der Waals surface area contributed by atoms with Crippen molar-refractivity contribution in [3.8, 4) is 0 Å². The minimum Gasteiger partial charge on any atom is -0.381 e. The number of hydrogen-bond donors (Lipinski definition) is 1. The molecule has 1 saturated heterocycles. The molecule has 0 bridgehead atoms. The van der Waals surface area contributed by atoms with Gasteiger partial charge in [-0.3, -0.25) is 14.3 Å². The number of amides is 1. The molecule has 1 unspecified atom stereocenters. The summed E-state index contributed by atoms with van der Waals surface area (Å²) in [6.45, 7) is 1.50. The van der Waals surface area contributed by atoms with Crippen LogP contribution in [0.5, 0.6) is 0 Å². The van der Waals surface area contributed by atoms with Crippen LogP contribution in [0.25, 0.3) is 10.9 Å². The zero-order valence-electron chi connectivity index (χ0n) is 24.2. The molecule has 3 atom stereocenters. The van der Waals surface area contributed by atoms with Crippen LogP contribution in [0.15, 0.2) is 94.2 Å². The van der Waals surface area contributed by atoms with E-state index in [2.05, 4.69) is 32.9 Å². The number of aromatic nitrogens is 3. The van der Waals surface area contributed by atoms with Gasteiger partial charge in [-0.1, -0.05) is 59.8 Å². The van der Waals surface area contributed by atoms with Gasteiger partial charge in [0.2, 0.25) is 0 Å². The summed E-state index contributed by atoms with van der Waals surface area (Å²) in [5.41, 5.74) is 3.53. The van der Waals surface area contributed by atoms with Crippen LogP contribution in [0.3, 0.4) is 0 Å². The fraction of sp³-hybridized carbons (Fsp3) is 0.324. The number of nitrogens with zero attached hydrogens (tertiary/aromatic N) is 3. The van der Waals surface area contributed by atoms with Crippen molar-refractivity contribution < 1.29 is 18.8 Å². The summed E-state index contributed by atoms with van der Waals surface area (Å²) < 4.78 is 18.8. The molecule has 220 valence electrons. The molecule has 1 amide bonds. The molecule has 3 aromatic carbocycles. The molecule has 1 saturated carbocycles. The standard InChI is InChI=1S/C34H34N4O5/c1-37(26-11-7-4-8-12-26)31(39)29-20-25-19-24(22-15-17-42-18-16-22)13-14-28(25)38(29)34(32-35-33(40)43-36-32)21-27(34)30(41-2)23-9-5-3-6-10-23/h3-14,19-20,22,27,30H,15-18,21H2,1-2H3,(H,35,36,40)/t27-,30?,34+/m1/s1. The second-order valence-electron chi connectivity index (χ2n) is 11.5. The second-order valence-corrected chi connectivity index (χ2v) is 11.5. The number of methoxy groups -OCH3 is 1. The van der Waals surface area contributed by atoms with Crippen molar-refractivity contribution in [3.63, 3.8) is 0 Å². The van der Waals surface area contributed by atoms with E-state index in [1.165, 1.54) is 5.56 Å². The van der Waals surface area contributed by atoms with Gasteiger partial charge in [0.25, 0.3) is 5.91 Å². The molecule has 1 aliphatic carbocycles. The van der Waals surface area contributed by atoms with E-state index < -0.39 is 11.3 Å². The molecule has 1 aliphatic heterocycles. The van der Waals surface area contributed by atoms with Crippen LogP contribution < -0.4 is 10.7 Å². The summed E-state index contributed by atoms with van der Waals surface area (Å²) in [7, 11) is 3.47. The summed E-state index contributed by atoms with van der Waals surface area (Å²) in [5, 5.41) is 5.17. The molecule has 3 heterocycles. The largest absolute Gasteiger partial charge is 0.438 e. The molecule has 43 heavy (non-hydrogen) atoms. The summed E-state index contributed by atoms with van der Waals surface area (Å²) in [6, 6.07) is 28.0. The Kier molecular flexibility index (Phi) is 6.99. The Bertz CT molecular complexity index is 1800. The number of nitrogens with one attached hydrogen (secondary N) is 1. The van der Waals surface area contributed by atoms with Gasteiger partial charge in [-0.05, 0) is 66.6 Å².